The molecule has 0 aromatic rings. The first-order valence-electron chi connectivity index (χ1n) is 5.35. The van der Waals surface area contributed by atoms with Gasteiger partial charge in [0.25, 0.3) is 0 Å². The van der Waals surface area contributed by atoms with Gasteiger partial charge in [0.2, 0.25) is 0 Å². The zero-order valence-electron chi connectivity index (χ0n) is 10.0. The van der Waals surface area contributed by atoms with Gasteiger partial charge in [-0.15, -0.1) is 0 Å². The molecule has 0 saturated carbocycles. The van der Waals surface area contributed by atoms with Crippen molar-refractivity contribution >= 4 is 5.96 Å². The van der Waals surface area contributed by atoms with E-state index in [0.717, 1.165) is 38.6 Å². The second-order valence-electron chi connectivity index (χ2n) is 3.03. The van der Waals surface area contributed by atoms with E-state index in [1.54, 1.807) is 14.2 Å². The number of aliphatic imine (C=N–C) groups is 1. The first-order valence-corrected chi connectivity index (χ1v) is 5.35. The number of ether oxygens (including phenoxy) is 2. The van der Waals surface area contributed by atoms with Crippen LogP contribution < -0.4 is 10.6 Å². The standard InChI is InChI=1S/C10H23N3O2/c1-4-11-10(13-7-9-15-3)12-6-5-8-14-2/h4-9H2,1-3H3,(H2,11,12,13). The molecule has 0 aliphatic rings. The Balaban J connectivity index is 3.68. The summed E-state index contributed by atoms with van der Waals surface area (Å²) in [5.74, 6) is 0.839. The minimum absolute atomic E-state index is 0.683. The highest BCUT2D eigenvalue weighted by atomic mass is 16.5. The van der Waals surface area contributed by atoms with Crippen LogP contribution in [0, 0.1) is 0 Å². The van der Waals surface area contributed by atoms with Crippen LogP contribution in [-0.4, -0.2) is 53.0 Å². The van der Waals surface area contributed by atoms with E-state index >= 15 is 0 Å². The second-order valence-corrected chi connectivity index (χ2v) is 3.03. The fourth-order valence-corrected chi connectivity index (χ4v) is 1.01. The smallest absolute Gasteiger partial charge is 0.191 e. The summed E-state index contributed by atoms with van der Waals surface area (Å²) in [7, 11) is 3.39. The predicted octanol–water partition coefficient (Wildman–Crippen LogP) is 0.224. The Morgan fingerprint density at radius 2 is 1.87 bits per heavy atom. The lowest BCUT2D eigenvalue weighted by atomic mass is 10.5. The number of nitrogens with one attached hydrogen (secondary N) is 2. The van der Waals surface area contributed by atoms with Crippen LogP contribution in [0.2, 0.25) is 0 Å². The molecule has 0 aromatic heterocycles. The normalized spacial score (nSPS) is 11.5. The van der Waals surface area contributed by atoms with Gasteiger partial charge >= 0.3 is 0 Å². The van der Waals surface area contributed by atoms with Gasteiger partial charge in [0.1, 0.15) is 0 Å². The average molecular weight is 217 g/mol. The van der Waals surface area contributed by atoms with Crippen LogP contribution in [0.5, 0.6) is 0 Å². The number of guanidine groups is 1. The molecule has 0 radical (unpaired) electrons. The molecule has 0 amide bonds. The van der Waals surface area contributed by atoms with Gasteiger partial charge in [0.15, 0.2) is 5.96 Å². The topological polar surface area (TPSA) is 54.9 Å². The molecule has 0 aliphatic carbocycles. The third-order valence-electron chi connectivity index (χ3n) is 1.72. The average Bonchev–Trinajstić information content (AvgIpc) is 2.24. The Kier molecular flexibility index (Phi) is 10.7. The van der Waals surface area contributed by atoms with Crippen molar-refractivity contribution in [2.45, 2.75) is 13.3 Å². The molecule has 0 bridgehead atoms. The summed E-state index contributed by atoms with van der Waals surface area (Å²) in [6, 6.07) is 0. The zero-order chi connectivity index (χ0) is 11.4. The van der Waals surface area contributed by atoms with E-state index in [0.29, 0.717) is 6.61 Å². The van der Waals surface area contributed by atoms with Crippen molar-refractivity contribution in [3.05, 3.63) is 0 Å². The van der Waals surface area contributed by atoms with E-state index in [1.165, 1.54) is 0 Å². The number of hydrogen-bond acceptors (Lipinski definition) is 3. The van der Waals surface area contributed by atoms with Crippen LogP contribution in [-0.2, 0) is 9.47 Å². The second kappa shape index (κ2) is 11.3. The molecule has 0 spiro atoms. The summed E-state index contributed by atoms with van der Waals surface area (Å²) in [5, 5.41) is 6.33. The van der Waals surface area contributed by atoms with Crippen molar-refractivity contribution < 1.29 is 9.47 Å². The summed E-state index contributed by atoms with van der Waals surface area (Å²) >= 11 is 0. The highest BCUT2D eigenvalue weighted by Crippen LogP contribution is 1.82. The van der Waals surface area contributed by atoms with E-state index in [1.807, 2.05) is 6.92 Å². The molecule has 0 heterocycles. The molecule has 0 atom stereocenters. The van der Waals surface area contributed by atoms with Gasteiger partial charge in [-0.1, -0.05) is 0 Å². The number of hydrogen-bond donors (Lipinski definition) is 2. The first kappa shape index (κ1) is 14.2. The lowest BCUT2D eigenvalue weighted by molar-refractivity contribution is 0.196. The van der Waals surface area contributed by atoms with Crippen molar-refractivity contribution in [1.82, 2.24) is 10.6 Å². The molecule has 0 aromatic carbocycles. The third kappa shape index (κ3) is 9.49. The van der Waals surface area contributed by atoms with Crippen molar-refractivity contribution in [1.29, 1.82) is 0 Å². The summed E-state index contributed by atoms with van der Waals surface area (Å²) in [6.45, 7) is 5.89. The molecule has 2 N–H and O–H groups in total. The van der Waals surface area contributed by atoms with Crippen LogP contribution in [0.1, 0.15) is 13.3 Å². The van der Waals surface area contributed by atoms with Crippen molar-refractivity contribution in [3.8, 4) is 0 Å². The van der Waals surface area contributed by atoms with Gasteiger partial charge in [0.05, 0.1) is 6.61 Å². The Bertz CT molecular complexity index is 163. The number of rotatable bonds is 8. The Labute approximate surface area is 92.2 Å². The maximum atomic E-state index is 4.95. The van der Waals surface area contributed by atoms with Gasteiger partial charge in [-0.3, -0.25) is 4.99 Å². The van der Waals surface area contributed by atoms with Gasteiger partial charge in [-0.2, -0.15) is 0 Å². The lowest BCUT2D eigenvalue weighted by Gasteiger charge is -2.10. The summed E-state index contributed by atoms with van der Waals surface area (Å²) < 4.78 is 9.90. The van der Waals surface area contributed by atoms with Crippen molar-refractivity contribution in [2.24, 2.45) is 4.99 Å². The maximum absolute atomic E-state index is 4.95. The van der Waals surface area contributed by atoms with Crippen LogP contribution in [0.25, 0.3) is 0 Å². The minimum atomic E-state index is 0.683. The summed E-state index contributed by atoms with van der Waals surface area (Å²) in [6.07, 6.45) is 0.942. The van der Waals surface area contributed by atoms with E-state index in [4.69, 9.17) is 9.47 Å². The Hall–Kier alpha value is -0.810. The SMILES string of the molecule is CCNC(=NCCCOC)NCCOC. The molecular weight excluding hydrogens is 194 g/mol. The third-order valence-corrected chi connectivity index (χ3v) is 1.72. The van der Waals surface area contributed by atoms with Gasteiger partial charge in [-0.25, -0.2) is 0 Å². The fourth-order valence-electron chi connectivity index (χ4n) is 1.01. The Morgan fingerprint density at radius 1 is 1.13 bits per heavy atom. The molecule has 15 heavy (non-hydrogen) atoms. The number of methoxy groups -OCH3 is 2. The van der Waals surface area contributed by atoms with Crippen molar-refractivity contribution in [3.63, 3.8) is 0 Å². The highest BCUT2D eigenvalue weighted by Gasteiger charge is 1.94. The largest absolute Gasteiger partial charge is 0.385 e. The van der Waals surface area contributed by atoms with Gasteiger partial charge in [-0.05, 0) is 13.3 Å². The maximum Gasteiger partial charge on any atom is 0.191 e. The van der Waals surface area contributed by atoms with Gasteiger partial charge in [0, 0.05) is 40.5 Å². The highest BCUT2D eigenvalue weighted by molar-refractivity contribution is 5.79. The van der Waals surface area contributed by atoms with Crippen LogP contribution in [0.15, 0.2) is 4.99 Å². The Morgan fingerprint density at radius 3 is 2.47 bits per heavy atom. The van der Waals surface area contributed by atoms with E-state index in [9.17, 15) is 0 Å². The molecule has 0 unspecified atom stereocenters. The molecule has 0 rings (SSSR count). The summed E-state index contributed by atoms with van der Waals surface area (Å²) in [5.41, 5.74) is 0. The van der Waals surface area contributed by atoms with Crippen LogP contribution in [0.3, 0.4) is 0 Å². The number of nitrogens with zero attached hydrogens (tertiary/aromatic N) is 1. The van der Waals surface area contributed by atoms with E-state index in [2.05, 4.69) is 15.6 Å². The van der Waals surface area contributed by atoms with E-state index < -0.39 is 0 Å². The van der Waals surface area contributed by atoms with Crippen molar-refractivity contribution in [2.75, 3.05) is 47.1 Å². The minimum Gasteiger partial charge on any atom is -0.385 e. The van der Waals surface area contributed by atoms with Crippen LogP contribution >= 0.6 is 0 Å². The molecule has 90 valence electrons. The molecule has 0 aliphatic heterocycles. The molecule has 0 saturated heterocycles. The van der Waals surface area contributed by atoms with E-state index in [-0.39, 0.29) is 0 Å². The van der Waals surface area contributed by atoms with Crippen LogP contribution in [0.4, 0.5) is 0 Å². The summed E-state index contributed by atoms with van der Waals surface area (Å²) in [4.78, 5) is 4.38. The molecule has 0 fully saturated rings. The quantitative estimate of drug-likeness (QED) is 0.347. The van der Waals surface area contributed by atoms with Gasteiger partial charge < -0.3 is 20.1 Å². The monoisotopic (exact) mass is 217 g/mol. The fraction of sp³-hybridized carbons (Fsp3) is 0.900. The lowest BCUT2D eigenvalue weighted by Crippen LogP contribution is -2.39. The zero-order valence-corrected chi connectivity index (χ0v) is 10.0. The first-order chi connectivity index (χ1) is 7.35. The predicted molar refractivity (Wildman–Crippen MR) is 62.4 cm³/mol. The molecule has 5 heteroatoms. The molecular formula is C10H23N3O2. The molecule has 5 nitrogen and oxygen atoms in total.